The Balaban J connectivity index is 1.62. The molecule has 6 heteroatoms. The van der Waals surface area contributed by atoms with Crippen LogP contribution < -0.4 is 5.32 Å². The minimum Gasteiger partial charge on any atom is -0.507 e. The molecule has 130 valence electrons. The van der Waals surface area contributed by atoms with E-state index in [-0.39, 0.29) is 11.3 Å². The fraction of sp³-hybridized carbons (Fsp3) is 0.0500. The number of rotatable bonds is 4. The first-order valence-corrected chi connectivity index (χ1v) is 7.83. The van der Waals surface area contributed by atoms with Crippen molar-refractivity contribution >= 4 is 28.6 Å². The molecule has 0 radical (unpaired) electrons. The smallest absolute Gasteiger partial charge is 0.342 e. The summed E-state index contributed by atoms with van der Waals surface area (Å²) in [4.78, 5) is 35.8. The van der Waals surface area contributed by atoms with Crippen LogP contribution in [-0.4, -0.2) is 29.5 Å². The largest absolute Gasteiger partial charge is 0.507 e. The fourth-order valence-electron chi connectivity index (χ4n) is 2.43. The van der Waals surface area contributed by atoms with Crippen molar-refractivity contribution in [2.75, 3.05) is 6.61 Å². The van der Waals surface area contributed by atoms with Crippen molar-refractivity contribution in [2.45, 2.75) is 0 Å². The van der Waals surface area contributed by atoms with Crippen LogP contribution in [0.15, 0.2) is 66.7 Å². The highest BCUT2D eigenvalue weighted by molar-refractivity contribution is 6.05. The van der Waals surface area contributed by atoms with Gasteiger partial charge in [0.2, 0.25) is 0 Å². The molecule has 3 aromatic carbocycles. The second-order valence-corrected chi connectivity index (χ2v) is 5.54. The monoisotopic (exact) mass is 349 g/mol. The van der Waals surface area contributed by atoms with Gasteiger partial charge in [-0.05, 0) is 35.0 Å². The topological polar surface area (TPSA) is 92.7 Å². The lowest BCUT2D eigenvalue weighted by Crippen LogP contribution is -2.34. The van der Waals surface area contributed by atoms with Gasteiger partial charge in [0.25, 0.3) is 11.8 Å². The van der Waals surface area contributed by atoms with Crippen molar-refractivity contribution < 1.29 is 24.2 Å². The first kappa shape index (κ1) is 17.2. The summed E-state index contributed by atoms with van der Waals surface area (Å²) in [5.74, 6) is -2.43. The number of carbonyl (C=O) groups excluding carboxylic acids is 3. The van der Waals surface area contributed by atoms with Crippen LogP contribution in [-0.2, 0) is 9.53 Å². The van der Waals surface area contributed by atoms with Crippen LogP contribution in [0.2, 0.25) is 0 Å². The van der Waals surface area contributed by atoms with Crippen molar-refractivity contribution in [1.29, 1.82) is 0 Å². The van der Waals surface area contributed by atoms with Crippen molar-refractivity contribution in [1.82, 2.24) is 5.32 Å². The summed E-state index contributed by atoms with van der Waals surface area (Å²) >= 11 is 0. The van der Waals surface area contributed by atoms with Crippen LogP contribution >= 0.6 is 0 Å². The van der Waals surface area contributed by atoms with Crippen molar-refractivity contribution in [2.24, 2.45) is 0 Å². The number of hydrogen-bond acceptors (Lipinski definition) is 5. The summed E-state index contributed by atoms with van der Waals surface area (Å²) in [5.41, 5.74) is 0.269. The molecule has 2 N–H and O–H groups in total. The maximum Gasteiger partial charge on any atom is 0.342 e. The number of carbonyl (C=O) groups is 3. The molecular weight excluding hydrogens is 334 g/mol. The van der Waals surface area contributed by atoms with Crippen molar-refractivity contribution in [3.8, 4) is 5.75 Å². The lowest BCUT2D eigenvalue weighted by atomic mass is 10.1. The Hall–Kier alpha value is -3.67. The van der Waals surface area contributed by atoms with Crippen LogP contribution in [0.1, 0.15) is 20.7 Å². The third-order valence-electron chi connectivity index (χ3n) is 3.71. The number of aromatic hydroxyl groups is 1. The number of fused-ring (bicyclic) bond motifs is 1. The number of hydrogen-bond donors (Lipinski definition) is 2. The zero-order chi connectivity index (χ0) is 18.5. The van der Waals surface area contributed by atoms with Gasteiger partial charge in [0.15, 0.2) is 6.61 Å². The van der Waals surface area contributed by atoms with Crippen LogP contribution in [0.5, 0.6) is 5.75 Å². The van der Waals surface area contributed by atoms with Gasteiger partial charge >= 0.3 is 5.97 Å². The molecule has 2 amide bonds. The Bertz CT molecular complexity index is 982. The summed E-state index contributed by atoms with van der Waals surface area (Å²) in [5, 5.41) is 13.6. The quantitative estimate of drug-likeness (QED) is 0.707. The van der Waals surface area contributed by atoms with E-state index < -0.39 is 24.4 Å². The highest BCUT2D eigenvalue weighted by Crippen LogP contribution is 2.25. The Morgan fingerprint density at radius 3 is 2.19 bits per heavy atom. The van der Waals surface area contributed by atoms with Crippen LogP contribution in [0.3, 0.4) is 0 Å². The third-order valence-corrected chi connectivity index (χ3v) is 3.71. The molecule has 0 fully saturated rings. The summed E-state index contributed by atoms with van der Waals surface area (Å²) < 4.78 is 4.89. The third kappa shape index (κ3) is 3.87. The lowest BCUT2D eigenvalue weighted by molar-refractivity contribution is -0.123. The van der Waals surface area contributed by atoms with Gasteiger partial charge in [0.1, 0.15) is 11.3 Å². The maximum absolute atomic E-state index is 12.1. The normalized spacial score (nSPS) is 10.3. The molecular formula is C20H15NO5. The molecule has 0 aliphatic rings. The molecule has 0 heterocycles. The van der Waals surface area contributed by atoms with E-state index in [0.29, 0.717) is 5.56 Å². The Morgan fingerprint density at radius 2 is 1.50 bits per heavy atom. The Morgan fingerprint density at radius 1 is 0.885 bits per heavy atom. The molecule has 0 atom stereocenters. The summed E-state index contributed by atoms with van der Waals surface area (Å²) in [6.07, 6.45) is 0. The number of esters is 1. The molecule has 0 saturated carbocycles. The van der Waals surface area contributed by atoms with E-state index in [0.717, 1.165) is 10.8 Å². The number of benzene rings is 3. The number of amides is 2. The number of imide groups is 1. The molecule has 0 spiro atoms. The number of phenols is 1. The Labute approximate surface area is 149 Å². The molecule has 0 saturated heterocycles. The zero-order valence-electron chi connectivity index (χ0n) is 13.6. The zero-order valence-corrected chi connectivity index (χ0v) is 13.6. The van der Waals surface area contributed by atoms with Crippen molar-refractivity contribution in [3.63, 3.8) is 0 Å². The SMILES string of the molecule is O=C(COC(=O)c1cc2ccccc2cc1O)NC(=O)c1ccccc1. The van der Waals surface area contributed by atoms with E-state index >= 15 is 0 Å². The van der Waals surface area contributed by atoms with Crippen LogP contribution in [0, 0.1) is 0 Å². The molecule has 0 aliphatic heterocycles. The van der Waals surface area contributed by atoms with Gasteiger partial charge in [0.05, 0.1) is 0 Å². The van der Waals surface area contributed by atoms with Gasteiger partial charge in [-0.2, -0.15) is 0 Å². The average molecular weight is 349 g/mol. The van der Waals surface area contributed by atoms with E-state index in [4.69, 9.17) is 4.74 Å². The van der Waals surface area contributed by atoms with E-state index in [1.54, 1.807) is 48.5 Å². The number of nitrogens with one attached hydrogen (secondary N) is 1. The fourth-order valence-corrected chi connectivity index (χ4v) is 2.43. The second-order valence-electron chi connectivity index (χ2n) is 5.54. The van der Waals surface area contributed by atoms with Gasteiger partial charge < -0.3 is 9.84 Å². The number of ether oxygens (including phenoxy) is 1. The molecule has 0 unspecified atom stereocenters. The summed E-state index contributed by atoms with van der Waals surface area (Å²) in [7, 11) is 0. The summed E-state index contributed by atoms with van der Waals surface area (Å²) in [6.45, 7) is -0.635. The maximum atomic E-state index is 12.1. The van der Waals surface area contributed by atoms with Gasteiger partial charge in [-0.3, -0.25) is 14.9 Å². The molecule has 0 bridgehead atoms. The highest BCUT2D eigenvalue weighted by atomic mass is 16.5. The first-order chi connectivity index (χ1) is 12.5. The van der Waals surface area contributed by atoms with Gasteiger partial charge in [-0.15, -0.1) is 0 Å². The highest BCUT2D eigenvalue weighted by Gasteiger charge is 2.17. The predicted molar refractivity (Wildman–Crippen MR) is 94.8 cm³/mol. The van der Waals surface area contributed by atoms with E-state index in [2.05, 4.69) is 5.32 Å². The second kappa shape index (κ2) is 7.48. The first-order valence-electron chi connectivity index (χ1n) is 7.83. The van der Waals surface area contributed by atoms with E-state index in [1.807, 2.05) is 6.07 Å². The molecule has 0 aliphatic carbocycles. The molecule has 0 aromatic heterocycles. The van der Waals surface area contributed by atoms with Crippen molar-refractivity contribution in [3.05, 3.63) is 77.9 Å². The van der Waals surface area contributed by atoms with Crippen LogP contribution in [0.4, 0.5) is 0 Å². The van der Waals surface area contributed by atoms with E-state index in [9.17, 15) is 19.5 Å². The molecule has 6 nitrogen and oxygen atoms in total. The summed E-state index contributed by atoms with van der Waals surface area (Å²) in [6, 6.07) is 18.3. The number of phenolic OH excluding ortho intramolecular Hbond substituents is 1. The van der Waals surface area contributed by atoms with Crippen LogP contribution in [0.25, 0.3) is 10.8 Å². The van der Waals surface area contributed by atoms with Gasteiger partial charge in [0, 0.05) is 5.56 Å². The molecule has 26 heavy (non-hydrogen) atoms. The van der Waals surface area contributed by atoms with E-state index in [1.165, 1.54) is 12.1 Å². The minimum atomic E-state index is -0.851. The molecule has 3 aromatic rings. The predicted octanol–water partition coefficient (Wildman–Crippen LogP) is 2.66. The van der Waals surface area contributed by atoms with Gasteiger partial charge in [-0.1, -0.05) is 42.5 Å². The lowest BCUT2D eigenvalue weighted by Gasteiger charge is -2.08. The van der Waals surface area contributed by atoms with Gasteiger partial charge in [-0.25, -0.2) is 4.79 Å². The molecule has 3 rings (SSSR count). The standard InChI is InChI=1S/C20H15NO5/c22-17-11-15-9-5-4-8-14(15)10-16(17)20(25)26-12-18(23)21-19(24)13-6-2-1-3-7-13/h1-11,22H,12H2,(H,21,23,24). The Kier molecular flexibility index (Phi) is 4.94. The minimum absolute atomic E-state index is 0.0501. The average Bonchev–Trinajstić information content (AvgIpc) is 2.66.